The van der Waals surface area contributed by atoms with Crippen molar-refractivity contribution in [3.05, 3.63) is 57.5 Å². The Hall–Kier alpha value is -1.03. The third-order valence-electron chi connectivity index (χ3n) is 2.52. The highest BCUT2D eigenvalue weighted by Gasteiger charge is 2.06. The highest BCUT2D eigenvalue weighted by Crippen LogP contribution is 2.31. The summed E-state index contributed by atoms with van der Waals surface area (Å²) in [7, 11) is 0. The van der Waals surface area contributed by atoms with Crippen molar-refractivity contribution in [2.75, 3.05) is 0 Å². The molecule has 94 valence electrons. The van der Waals surface area contributed by atoms with Gasteiger partial charge in [0.15, 0.2) is 0 Å². The highest BCUT2D eigenvalue weighted by molar-refractivity contribution is 9.10. The van der Waals surface area contributed by atoms with Crippen molar-refractivity contribution in [3.63, 3.8) is 0 Å². The molecule has 18 heavy (non-hydrogen) atoms. The van der Waals surface area contributed by atoms with Gasteiger partial charge in [-0.05, 0) is 48.9 Å². The van der Waals surface area contributed by atoms with Crippen LogP contribution < -0.4 is 10.5 Å². The lowest BCUT2D eigenvalue weighted by atomic mass is 10.1. The number of ether oxygens (including phenoxy) is 1. The van der Waals surface area contributed by atoms with Gasteiger partial charge in [0.1, 0.15) is 11.5 Å². The second-order valence-electron chi connectivity index (χ2n) is 4.03. The summed E-state index contributed by atoms with van der Waals surface area (Å²) >= 11 is 9.54. The summed E-state index contributed by atoms with van der Waals surface area (Å²) in [6.07, 6.45) is 0. The number of hydrogen-bond acceptors (Lipinski definition) is 2. The molecule has 2 nitrogen and oxygen atoms in total. The lowest BCUT2D eigenvalue weighted by Gasteiger charge is -2.11. The Morgan fingerprint density at radius 3 is 2.39 bits per heavy atom. The largest absolute Gasteiger partial charge is 0.456 e. The lowest BCUT2D eigenvalue weighted by molar-refractivity contribution is 0.482. The van der Waals surface area contributed by atoms with Crippen LogP contribution in [0.3, 0.4) is 0 Å². The third-order valence-corrected chi connectivity index (χ3v) is 3.35. The summed E-state index contributed by atoms with van der Waals surface area (Å²) < 4.78 is 6.71. The average molecular weight is 327 g/mol. The summed E-state index contributed by atoms with van der Waals surface area (Å²) in [4.78, 5) is 0. The molecular weight excluding hydrogens is 314 g/mol. The lowest BCUT2D eigenvalue weighted by Crippen LogP contribution is -2.04. The number of rotatable bonds is 3. The molecule has 0 aliphatic rings. The van der Waals surface area contributed by atoms with Crippen molar-refractivity contribution in [2.45, 2.75) is 13.0 Å². The Morgan fingerprint density at radius 2 is 1.83 bits per heavy atom. The normalized spacial score (nSPS) is 12.2. The van der Waals surface area contributed by atoms with E-state index in [1.165, 1.54) is 0 Å². The van der Waals surface area contributed by atoms with Gasteiger partial charge in [-0.1, -0.05) is 33.6 Å². The van der Waals surface area contributed by atoms with E-state index in [9.17, 15) is 0 Å². The molecule has 0 radical (unpaired) electrons. The van der Waals surface area contributed by atoms with Crippen LogP contribution in [0.2, 0.25) is 5.02 Å². The molecule has 0 bridgehead atoms. The van der Waals surface area contributed by atoms with Crippen LogP contribution in [0.15, 0.2) is 46.9 Å². The molecule has 1 atom stereocenters. The van der Waals surface area contributed by atoms with Gasteiger partial charge in [0.2, 0.25) is 0 Å². The zero-order chi connectivity index (χ0) is 13.1. The minimum Gasteiger partial charge on any atom is -0.456 e. The van der Waals surface area contributed by atoms with Crippen LogP contribution in [0.4, 0.5) is 0 Å². The molecule has 0 heterocycles. The zero-order valence-electron chi connectivity index (χ0n) is 9.86. The molecule has 2 aromatic carbocycles. The minimum absolute atomic E-state index is 0.0377. The maximum Gasteiger partial charge on any atom is 0.146 e. The summed E-state index contributed by atoms with van der Waals surface area (Å²) in [5.41, 5.74) is 6.79. The van der Waals surface area contributed by atoms with Gasteiger partial charge in [-0.15, -0.1) is 0 Å². The van der Waals surface area contributed by atoms with Crippen molar-refractivity contribution in [2.24, 2.45) is 5.73 Å². The number of benzene rings is 2. The minimum atomic E-state index is -0.0377. The zero-order valence-corrected chi connectivity index (χ0v) is 12.2. The van der Waals surface area contributed by atoms with Gasteiger partial charge < -0.3 is 10.5 Å². The predicted octanol–water partition coefficient (Wildman–Crippen LogP) is 4.91. The summed E-state index contributed by atoms with van der Waals surface area (Å²) in [5.74, 6) is 1.37. The van der Waals surface area contributed by atoms with Crippen molar-refractivity contribution in [1.29, 1.82) is 0 Å². The molecule has 2 rings (SSSR count). The number of nitrogens with two attached hydrogens (primary N) is 1. The second kappa shape index (κ2) is 5.74. The van der Waals surface area contributed by atoms with Crippen LogP contribution in [0.1, 0.15) is 18.5 Å². The molecule has 0 spiro atoms. The second-order valence-corrected chi connectivity index (χ2v) is 5.36. The van der Waals surface area contributed by atoms with E-state index in [0.29, 0.717) is 10.8 Å². The Kier molecular flexibility index (Phi) is 4.27. The Balaban J connectivity index is 2.22. The molecule has 0 saturated heterocycles. The van der Waals surface area contributed by atoms with E-state index in [-0.39, 0.29) is 6.04 Å². The van der Waals surface area contributed by atoms with E-state index in [1.54, 1.807) is 0 Å². The van der Waals surface area contributed by atoms with E-state index in [1.807, 2.05) is 49.4 Å². The molecule has 0 unspecified atom stereocenters. The summed E-state index contributed by atoms with van der Waals surface area (Å²) in [5, 5.41) is 0.563. The van der Waals surface area contributed by atoms with Gasteiger partial charge in [-0.2, -0.15) is 0 Å². The van der Waals surface area contributed by atoms with E-state index in [4.69, 9.17) is 22.1 Å². The maximum absolute atomic E-state index is 6.16. The molecule has 2 N–H and O–H groups in total. The quantitative estimate of drug-likeness (QED) is 0.869. The molecule has 0 aromatic heterocycles. The predicted molar refractivity (Wildman–Crippen MR) is 78.3 cm³/mol. The summed E-state index contributed by atoms with van der Waals surface area (Å²) in [6, 6.07) is 13.1. The van der Waals surface area contributed by atoms with Gasteiger partial charge in [-0.3, -0.25) is 0 Å². The van der Waals surface area contributed by atoms with Crippen LogP contribution in [0.25, 0.3) is 0 Å². The fourth-order valence-electron chi connectivity index (χ4n) is 1.51. The third kappa shape index (κ3) is 3.25. The monoisotopic (exact) mass is 325 g/mol. The Labute approximate surface area is 120 Å². The SMILES string of the molecule is C[C@H](N)c1ccc(Oc2ccc(Br)cc2)c(Cl)c1. The first-order valence-corrected chi connectivity index (χ1v) is 6.72. The van der Waals surface area contributed by atoms with Crippen LogP contribution in [-0.2, 0) is 0 Å². The van der Waals surface area contributed by atoms with Crippen LogP contribution in [0, 0.1) is 0 Å². The Bertz CT molecular complexity index is 540. The van der Waals surface area contributed by atoms with Crippen molar-refractivity contribution in [1.82, 2.24) is 0 Å². The first kappa shape index (κ1) is 13.4. The fraction of sp³-hybridized carbons (Fsp3) is 0.143. The first-order chi connectivity index (χ1) is 8.56. The van der Waals surface area contributed by atoms with Gasteiger partial charge in [-0.25, -0.2) is 0 Å². The number of hydrogen-bond donors (Lipinski definition) is 1. The standard InChI is InChI=1S/C14H13BrClNO/c1-9(17)10-2-7-14(13(16)8-10)18-12-5-3-11(15)4-6-12/h2-9H,17H2,1H3/t9-/m0/s1. The molecule has 2 aromatic rings. The maximum atomic E-state index is 6.16. The summed E-state index contributed by atoms with van der Waals surface area (Å²) in [6.45, 7) is 1.92. The van der Waals surface area contributed by atoms with Crippen LogP contribution in [-0.4, -0.2) is 0 Å². The van der Waals surface area contributed by atoms with Crippen LogP contribution >= 0.6 is 27.5 Å². The smallest absolute Gasteiger partial charge is 0.146 e. The molecule has 4 heteroatoms. The number of halogens is 2. The van der Waals surface area contributed by atoms with Crippen molar-refractivity contribution < 1.29 is 4.74 Å². The van der Waals surface area contributed by atoms with E-state index < -0.39 is 0 Å². The Morgan fingerprint density at radius 1 is 1.17 bits per heavy atom. The topological polar surface area (TPSA) is 35.2 Å². The molecular formula is C14H13BrClNO. The molecule has 0 aliphatic carbocycles. The average Bonchev–Trinajstić information content (AvgIpc) is 2.34. The molecule has 0 saturated carbocycles. The van der Waals surface area contributed by atoms with Gasteiger partial charge in [0.05, 0.1) is 5.02 Å². The van der Waals surface area contributed by atoms with E-state index in [0.717, 1.165) is 15.8 Å². The van der Waals surface area contributed by atoms with E-state index in [2.05, 4.69) is 15.9 Å². The first-order valence-electron chi connectivity index (χ1n) is 5.54. The molecule has 0 aliphatic heterocycles. The van der Waals surface area contributed by atoms with Crippen molar-refractivity contribution >= 4 is 27.5 Å². The highest BCUT2D eigenvalue weighted by atomic mass is 79.9. The van der Waals surface area contributed by atoms with E-state index >= 15 is 0 Å². The van der Waals surface area contributed by atoms with Crippen molar-refractivity contribution in [3.8, 4) is 11.5 Å². The van der Waals surface area contributed by atoms with Crippen LogP contribution in [0.5, 0.6) is 11.5 Å². The van der Waals surface area contributed by atoms with Gasteiger partial charge in [0.25, 0.3) is 0 Å². The molecule has 0 amide bonds. The fourth-order valence-corrected chi connectivity index (χ4v) is 2.00. The van der Waals surface area contributed by atoms with Gasteiger partial charge >= 0.3 is 0 Å². The van der Waals surface area contributed by atoms with Gasteiger partial charge in [0, 0.05) is 10.5 Å². The molecule has 0 fully saturated rings.